The van der Waals surface area contributed by atoms with Gasteiger partial charge in [0.25, 0.3) is 0 Å². The van der Waals surface area contributed by atoms with E-state index in [0.29, 0.717) is 35.0 Å². The van der Waals surface area contributed by atoms with Crippen molar-refractivity contribution in [1.82, 2.24) is 0 Å². The van der Waals surface area contributed by atoms with Gasteiger partial charge in [-0.15, -0.1) is 0 Å². The standard InChI is InChI=1S/C29H30O8S/c1-5-34-21-9-12-23(27(16-21)37-38(32,33)22-10-6-19(2)7-11-22)25(31)18-35-28-20(17-30)8-13-26-24(28)14-15-29(3,4)36-26/h6-16,30H,5,17-18H2,1-4H3. The Morgan fingerprint density at radius 1 is 1.03 bits per heavy atom. The Morgan fingerprint density at radius 3 is 2.45 bits per heavy atom. The number of carbonyl (C=O) groups excluding carboxylic acids is 1. The van der Waals surface area contributed by atoms with Gasteiger partial charge in [-0.3, -0.25) is 4.79 Å². The zero-order valence-corrected chi connectivity index (χ0v) is 22.5. The molecule has 1 aliphatic heterocycles. The maximum absolute atomic E-state index is 13.3. The molecule has 0 atom stereocenters. The molecule has 0 unspecified atom stereocenters. The Bertz CT molecular complexity index is 1470. The number of hydrogen-bond acceptors (Lipinski definition) is 8. The maximum Gasteiger partial charge on any atom is 0.339 e. The monoisotopic (exact) mass is 538 g/mol. The molecule has 0 aliphatic carbocycles. The first-order chi connectivity index (χ1) is 18.0. The van der Waals surface area contributed by atoms with Crippen LogP contribution in [0.4, 0.5) is 0 Å². The first-order valence-corrected chi connectivity index (χ1v) is 13.5. The van der Waals surface area contributed by atoms with E-state index in [1.807, 2.05) is 32.9 Å². The fourth-order valence-corrected chi connectivity index (χ4v) is 4.85. The average Bonchev–Trinajstić information content (AvgIpc) is 2.86. The van der Waals surface area contributed by atoms with E-state index in [-0.39, 0.29) is 22.8 Å². The lowest BCUT2D eigenvalue weighted by Crippen LogP contribution is -2.27. The highest BCUT2D eigenvalue weighted by Crippen LogP contribution is 2.39. The summed E-state index contributed by atoms with van der Waals surface area (Å²) in [5.74, 6) is 0.526. The normalized spacial score (nSPS) is 13.8. The third-order valence-electron chi connectivity index (χ3n) is 5.85. The summed E-state index contributed by atoms with van der Waals surface area (Å²) in [5.41, 5.74) is 1.47. The summed E-state index contributed by atoms with van der Waals surface area (Å²) in [6, 6.07) is 14.0. The molecular weight excluding hydrogens is 508 g/mol. The largest absolute Gasteiger partial charge is 0.494 e. The molecule has 0 radical (unpaired) electrons. The number of Topliss-reactive ketones (excluding diaryl/α,β-unsaturated/α-hetero) is 1. The minimum atomic E-state index is -4.23. The predicted octanol–water partition coefficient (Wildman–Crippen LogP) is 5.10. The summed E-state index contributed by atoms with van der Waals surface area (Å²) >= 11 is 0. The number of hydrogen-bond donors (Lipinski definition) is 1. The van der Waals surface area contributed by atoms with Gasteiger partial charge in [-0.25, -0.2) is 0 Å². The second-order valence-corrected chi connectivity index (χ2v) is 10.9. The average molecular weight is 539 g/mol. The van der Waals surface area contributed by atoms with Crippen molar-refractivity contribution in [1.29, 1.82) is 0 Å². The van der Waals surface area contributed by atoms with E-state index in [1.165, 1.54) is 24.3 Å². The van der Waals surface area contributed by atoms with Crippen LogP contribution in [-0.4, -0.2) is 38.1 Å². The molecule has 8 nitrogen and oxygen atoms in total. The lowest BCUT2D eigenvalue weighted by molar-refractivity contribution is 0.0916. The molecule has 1 N–H and O–H groups in total. The topological polar surface area (TPSA) is 108 Å². The number of aryl methyl sites for hydroxylation is 1. The molecule has 0 aromatic heterocycles. The molecule has 0 amide bonds. The maximum atomic E-state index is 13.3. The van der Waals surface area contributed by atoms with Gasteiger partial charge in [-0.2, -0.15) is 8.42 Å². The summed E-state index contributed by atoms with van der Waals surface area (Å²) in [6.07, 6.45) is 3.69. The van der Waals surface area contributed by atoms with Crippen LogP contribution in [0.5, 0.6) is 23.0 Å². The van der Waals surface area contributed by atoms with Crippen LogP contribution in [0.3, 0.4) is 0 Å². The van der Waals surface area contributed by atoms with Gasteiger partial charge in [-0.1, -0.05) is 17.7 Å². The zero-order valence-electron chi connectivity index (χ0n) is 21.7. The summed E-state index contributed by atoms with van der Waals surface area (Å²) in [6.45, 7) is 7.05. The van der Waals surface area contributed by atoms with Gasteiger partial charge in [0.1, 0.15) is 27.7 Å². The second-order valence-electron chi connectivity index (χ2n) is 9.32. The van der Waals surface area contributed by atoms with Crippen LogP contribution in [0.15, 0.2) is 65.6 Å². The summed E-state index contributed by atoms with van der Waals surface area (Å²) < 4.78 is 48.7. The first kappa shape index (κ1) is 27.2. The van der Waals surface area contributed by atoms with Crippen molar-refractivity contribution in [3.63, 3.8) is 0 Å². The molecule has 0 bridgehead atoms. The molecule has 3 aromatic carbocycles. The Balaban J connectivity index is 1.63. The van der Waals surface area contributed by atoms with Crippen LogP contribution >= 0.6 is 0 Å². The van der Waals surface area contributed by atoms with Gasteiger partial charge < -0.3 is 23.5 Å². The Labute approximate surface area is 222 Å². The van der Waals surface area contributed by atoms with Crippen LogP contribution in [0.25, 0.3) is 6.08 Å². The molecule has 9 heteroatoms. The number of aliphatic hydroxyl groups excluding tert-OH is 1. The minimum absolute atomic E-state index is 0.00686. The summed E-state index contributed by atoms with van der Waals surface area (Å²) in [4.78, 5) is 13.2. The van der Waals surface area contributed by atoms with E-state index < -0.39 is 28.1 Å². The molecule has 3 aromatic rings. The van der Waals surface area contributed by atoms with E-state index in [0.717, 1.165) is 5.56 Å². The molecule has 0 spiro atoms. The number of carbonyl (C=O) groups is 1. The minimum Gasteiger partial charge on any atom is -0.494 e. The van der Waals surface area contributed by atoms with Gasteiger partial charge >= 0.3 is 10.1 Å². The van der Waals surface area contributed by atoms with Crippen LogP contribution in [0.2, 0.25) is 0 Å². The van der Waals surface area contributed by atoms with Gasteiger partial charge in [0, 0.05) is 11.6 Å². The highest BCUT2D eigenvalue weighted by molar-refractivity contribution is 7.87. The summed E-state index contributed by atoms with van der Waals surface area (Å²) in [7, 11) is -4.23. The number of benzene rings is 3. The van der Waals surface area contributed by atoms with E-state index in [4.69, 9.17) is 18.4 Å². The first-order valence-electron chi connectivity index (χ1n) is 12.1. The van der Waals surface area contributed by atoms with Crippen molar-refractivity contribution in [2.75, 3.05) is 13.2 Å². The van der Waals surface area contributed by atoms with Crippen LogP contribution < -0.4 is 18.4 Å². The van der Waals surface area contributed by atoms with E-state index in [2.05, 4.69) is 0 Å². The van der Waals surface area contributed by atoms with E-state index in [9.17, 15) is 18.3 Å². The van der Waals surface area contributed by atoms with Crippen LogP contribution in [-0.2, 0) is 16.7 Å². The molecule has 0 saturated heterocycles. The molecule has 0 fully saturated rings. The molecule has 1 heterocycles. The number of ether oxygens (including phenoxy) is 3. The number of ketones is 1. The third-order valence-corrected chi connectivity index (χ3v) is 7.10. The van der Waals surface area contributed by atoms with Crippen molar-refractivity contribution < 1.29 is 36.7 Å². The highest BCUT2D eigenvalue weighted by atomic mass is 32.2. The van der Waals surface area contributed by atoms with Crippen molar-refractivity contribution in [2.24, 2.45) is 0 Å². The lowest BCUT2D eigenvalue weighted by Gasteiger charge is -2.29. The predicted molar refractivity (Wildman–Crippen MR) is 143 cm³/mol. The number of rotatable bonds is 10. The van der Waals surface area contributed by atoms with Crippen molar-refractivity contribution >= 4 is 22.0 Å². The molecular formula is C29H30O8S. The fourth-order valence-electron chi connectivity index (χ4n) is 3.91. The van der Waals surface area contributed by atoms with Gasteiger partial charge in [0.2, 0.25) is 5.78 Å². The van der Waals surface area contributed by atoms with Crippen molar-refractivity contribution in [2.45, 2.75) is 44.8 Å². The van der Waals surface area contributed by atoms with Gasteiger partial charge in [0.05, 0.1) is 24.3 Å². The SMILES string of the molecule is CCOc1ccc(C(=O)COc2c(CO)ccc3c2C=CC(C)(C)O3)c(OS(=O)(=O)c2ccc(C)cc2)c1. The Hall–Kier alpha value is -3.82. The summed E-state index contributed by atoms with van der Waals surface area (Å²) in [5, 5.41) is 9.85. The van der Waals surface area contributed by atoms with Crippen LogP contribution in [0.1, 0.15) is 47.8 Å². The Kier molecular flexibility index (Phi) is 7.80. The van der Waals surface area contributed by atoms with Crippen LogP contribution in [0, 0.1) is 6.92 Å². The quantitative estimate of drug-likeness (QED) is 0.281. The number of fused-ring (bicyclic) bond motifs is 1. The van der Waals surface area contributed by atoms with E-state index >= 15 is 0 Å². The lowest BCUT2D eigenvalue weighted by atomic mass is 9.99. The van der Waals surface area contributed by atoms with Gasteiger partial charge in [-0.05, 0) is 76.2 Å². The molecule has 4 rings (SSSR count). The van der Waals surface area contributed by atoms with Gasteiger partial charge in [0.15, 0.2) is 12.4 Å². The number of aliphatic hydroxyl groups is 1. The van der Waals surface area contributed by atoms with E-state index in [1.54, 1.807) is 37.3 Å². The molecule has 0 saturated carbocycles. The third kappa shape index (κ3) is 6.00. The van der Waals surface area contributed by atoms with Crippen molar-refractivity contribution in [3.05, 3.63) is 82.9 Å². The second kappa shape index (κ2) is 10.9. The zero-order chi connectivity index (χ0) is 27.5. The smallest absolute Gasteiger partial charge is 0.339 e. The molecule has 200 valence electrons. The van der Waals surface area contributed by atoms with Crippen molar-refractivity contribution in [3.8, 4) is 23.0 Å². The molecule has 38 heavy (non-hydrogen) atoms. The Morgan fingerprint density at radius 2 is 1.76 bits per heavy atom. The fraction of sp³-hybridized carbons (Fsp3) is 0.276. The molecule has 1 aliphatic rings. The highest BCUT2D eigenvalue weighted by Gasteiger charge is 2.27.